The van der Waals surface area contributed by atoms with Crippen LogP contribution < -0.4 is 10.5 Å². The van der Waals surface area contributed by atoms with Gasteiger partial charge in [-0.15, -0.1) is 0 Å². The number of hydrogen-bond donors (Lipinski definition) is 1. The van der Waals surface area contributed by atoms with Crippen molar-refractivity contribution in [3.05, 3.63) is 23.3 Å². The molecule has 0 aliphatic rings. The zero-order valence-corrected chi connectivity index (χ0v) is 9.16. The number of hydrogen-bond acceptors (Lipinski definition) is 4. The van der Waals surface area contributed by atoms with E-state index in [0.29, 0.717) is 23.6 Å². The third-order valence-corrected chi connectivity index (χ3v) is 2.12. The average Bonchev–Trinajstić information content (AvgIpc) is 2.23. The number of benzene rings is 1. The van der Waals surface area contributed by atoms with Crippen LogP contribution >= 0.6 is 0 Å². The molecule has 0 aromatic heterocycles. The summed E-state index contributed by atoms with van der Waals surface area (Å²) in [6.07, 6.45) is 0. The van der Waals surface area contributed by atoms with E-state index >= 15 is 0 Å². The summed E-state index contributed by atoms with van der Waals surface area (Å²) < 4.78 is 9.98. The fourth-order valence-electron chi connectivity index (χ4n) is 1.25. The Hall–Kier alpha value is -1.71. The molecule has 4 nitrogen and oxygen atoms in total. The third kappa shape index (κ3) is 2.40. The average molecular weight is 209 g/mol. The van der Waals surface area contributed by atoms with Gasteiger partial charge in [-0.3, -0.25) is 0 Å². The van der Waals surface area contributed by atoms with E-state index in [1.54, 1.807) is 12.1 Å². The lowest BCUT2D eigenvalue weighted by atomic mass is 10.1. The minimum atomic E-state index is -0.414. The molecule has 1 rings (SSSR count). The highest BCUT2D eigenvalue weighted by molar-refractivity contribution is 5.91. The Morgan fingerprint density at radius 1 is 1.47 bits per heavy atom. The van der Waals surface area contributed by atoms with Gasteiger partial charge >= 0.3 is 5.97 Å². The SMILES string of the molecule is CCOc1cc(C(=O)OC)cc(N)c1C. The number of carbonyl (C=O) groups excluding carboxylic acids is 1. The number of nitrogen functional groups attached to an aromatic ring is 1. The summed E-state index contributed by atoms with van der Waals surface area (Å²) >= 11 is 0. The first-order valence-electron chi connectivity index (χ1n) is 4.71. The molecule has 0 atom stereocenters. The summed E-state index contributed by atoms with van der Waals surface area (Å²) in [5.41, 5.74) is 7.53. The second kappa shape index (κ2) is 4.68. The molecule has 0 aliphatic carbocycles. The molecule has 1 aromatic rings. The van der Waals surface area contributed by atoms with Crippen molar-refractivity contribution < 1.29 is 14.3 Å². The van der Waals surface area contributed by atoms with Gasteiger partial charge in [0.2, 0.25) is 0 Å². The molecule has 0 amide bonds. The Balaban J connectivity index is 3.16. The van der Waals surface area contributed by atoms with E-state index in [1.807, 2.05) is 13.8 Å². The van der Waals surface area contributed by atoms with E-state index in [4.69, 9.17) is 10.5 Å². The molecule has 4 heteroatoms. The summed E-state index contributed by atoms with van der Waals surface area (Å²) in [6.45, 7) is 4.26. The predicted molar refractivity (Wildman–Crippen MR) is 58.1 cm³/mol. The van der Waals surface area contributed by atoms with E-state index in [0.717, 1.165) is 5.56 Å². The highest BCUT2D eigenvalue weighted by Crippen LogP contribution is 2.26. The molecular weight excluding hydrogens is 194 g/mol. The second-order valence-corrected chi connectivity index (χ2v) is 3.11. The molecule has 0 saturated heterocycles. The van der Waals surface area contributed by atoms with Crippen LogP contribution in [0.4, 0.5) is 5.69 Å². The van der Waals surface area contributed by atoms with Gasteiger partial charge < -0.3 is 15.2 Å². The highest BCUT2D eigenvalue weighted by atomic mass is 16.5. The number of carbonyl (C=O) groups is 1. The number of rotatable bonds is 3. The van der Waals surface area contributed by atoms with E-state index < -0.39 is 5.97 Å². The maximum atomic E-state index is 11.3. The monoisotopic (exact) mass is 209 g/mol. The minimum Gasteiger partial charge on any atom is -0.494 e. The molecule has 2 N–H and O–H groups in total. The van der Waals surface area contributed by atoms with Crippen LogP contribution in [-0.2, 0) is 4.74 Å². The maximum Gasteiger partial charge on any atom is 0.338 e. The fraction of sp³-hybridized carbons (Fsp3) is 0.364. The van der Waals surface area contributed by atoms with Crippen LogP contribution in [0.25, 0.3) is 0 Å². The Bertz CT molecular complexity index is 374. The van der Waals surface area contributed by atoms with Gasteiger partial charge in [-0.1, -0.05) is 0 Å². The molecule has 0 aliphatic heterocycles. The first kappa shape index (κ1) is 11.4. The number of anilines is 1. The molecule has 0 heterocycles. The molecular formula is C11H15NO3. The standard InChI is InChI=1S/C11H15NO3/c1-4-15-10-6-8(11(13)14-3)5-9(12)7(10)2/h5-6H,4,12H2,1-3H3. The Kier molecular flexibility index (Phi) is 3.55. The van der Waals surface area contributed by atoms with Crippen LogP contribution in [-0.4, -0.2) is 19.7 Å². The Labute approximate surface area is 89.0 Å². The van der Waals surface area contributed by atoms with E-state index in [9.17, 15) is 4.79 Å². The Morgan fingerprint density at radius 2 is 2.13 bits per heavy atom. The summed E-state index contributed by atoms with van der Waals surface area (Å²) in [4.78, 5) is 11.3. The first-order valence-corrected chi connectivity index (χ1v) is 4.71. The van der Waals surface area contributed by atoms with Crippen molar-refractivity contribution in [2.45, 2.75) is 13.8 Å². The van der Waals surface area contributed by atoms with Crippen LogP contribution in [0.5, 0.6) is 5.75 Å². The van der Waals surface area contributed by atoms with Crippen molar-refractivity contribution in [3.63, 3.8) is 0 Å². The molecule has 0 unspecified atom stereocenters. The number of ether oxygens (including phenoxy) is 2. The maximum absolute atomic E-state index is 11.3. The van der Waals surface area contributed by atoms with Crippen LogP contribution in [0.2, 0.25) is 0 Å². The van der Waals surface area contributed by atoms with Gasteiger partial charge in [0.25, 0.3) is 0 Å². The van der Waals surface area contributed by atoms with Crippen LogP contribution in [0, 0.1) is 6.92 Å². The van der Waals surface area contributed by atoms with Crippen molar-refractivity contribution in [2.24, 2.45) is 0 Å². The third-order valence-electron chi connectivity index (χ3n) is 2.12. The fourth-order valence-corrected chi connectivity index (χ4v) is 1.25. The minimum absolute atomic E-state index is 0.407. The van der Waals surface area contributed by atoms with Gasteiger partial charge in [0.1, 0.15) is 5.75 Å². The van der Waals surface area contributed by atoms with Crippen molar-refractivity contribution in [3.8, 4) is 5.75 Å². The largest absolute Gasteiger partial charge is 0.494 e. The zero-order valence-electron chi connectivity index (χ0n) is 9.16. The van der Waals surface area contributed by atoms with Gasteiger partial charge in [0.15, 0.2) is 0 Å². The molecule has 0 radical (unpaired) electrons. The molecule has 0 bridgehead atoms. The van der Waals surface area contributed by atoms with Crippen LogP contribution in [0.15, 0.2) is 12.1 Å². The molecule has 1 aromatic carbocycles. The highest BCUT2D eigenvalue weighted by Gasteiger charge is 2.11. The summed E-state index contributed by atoms with van der Waals surface area (Å²) in [5, 5.41) is 0. The van der Waals surface area contributed by atoms with Crippen molar-refractivity contribution in [2.75, 3.05) is 19.5 Å². The number of nitrogens with two attached hydrogens (primary N) is 1. The topological polar surface area (TPSA) is 61.5 Å². The lowest BCUT2D eigenvalue weighted by molar-refractivity contribution is 0.0600. The molecule has 15 heavy (non-hydrogen) atoms. The molecule has 0 saturated carbocycles. The molecule has 82 valence electrons. The van der Waals surface area contributed by atoms with Gasteiger partial charge in [-0.2, -0.15) is 0 Å². The second-order valence-electron chi connectivity index (χ2n) is 3.11. The molecule has 0 spiro atoms. The normalized spacial score (nSPS) is 9.80. The smallest absolute Gasteiger partial charge is 0.338 e. The van der Waals surface area contributed by atoms with Crippen LogP contribution in [0.1, 0.15) is 22.8 Å². The van der Waals surface area contributed by atoms with E-state index in [2.05, 4.69) is 4.74 Å². The van der Waals surface area contributed by atoms with E-state index in [-0.39, 0.29) is 0 Å². The van der Waals surface area contributed by atoms with Crippen LogP contribution in [0.3, 0.4) is 0 Å². The first-order chi connectivity index (χ1) is 7.10. The van der Waals surface area contributed by atoms with Crippen molar-refractivity contribution >= 4 is 11.7 Å². The number of methoxy groups -OCH3 is 1. The van der Waals surface area contributed by atoms with Crippen molar-refractivity contribution in [1.29, 1.82) is 0 Å². The van der Waals surface area contributed by atoms with E-state index in [1.165, 1.54) is 7.11 Å². The predicted octanol–water partition coefficient (Wildman–Crippen LogP) is 1.76. The summed E-state index contributed by atoms with van der Waals surface area (Å²) in [5.74, 6) is 0.209. The Morgan fingerprint density at radius 3 is 2.67 bits per heavy atom. The molecule has 0 fully saturated rings. The quantitative estimate of drug-likeness (QED) is 0.608. The zero-order chi connectivity index (χ0) is 11.4. The van der Waals surface area contributed by atoms with Gasteiger partial charge in [0, 0.05) is 11.3 Å². The number of esters is 1. The summed E-state index contributed by atoms with van der Waals surface area (Å²) in [6, 6.07) is 3.23. The van der Waals surface area contributed by atoms with Crippen molar-refractivity contribution in [1.82, 2.24) is 0 Å². The lowest BCUT2D eigenvalue weighted by Crippen LogP contribution is -2.05. The van der Waals surface area contributed by atoms with Gasteiger partial charge in [-0.05, 0) is 26.0 Å². The lowest BCUT2D eigenvalue weighted by Gasteiger charge is -2.11. The summed E-state index contributed by atoms with van der Waals surface area (Å²) in [7, 11) is 1.33. The van der Waals surface area contributed by atoms with Gasteiger partial charge in [-0.25, -0.2) is 4.79 Å². The van der Waals surface area contributed by atoms with Gasteiger partial charge in [0.05, 0.1) is 19.3 Å².